The molecule has 1 saturated heterocycles. The van der Waals surface area contributed by atoms with Gasteiger partial charge in [-0.25, -0.2) is 4.98 Å². The fourth-order valence-electron chi connectivity index (χ4n) is 1.41. The number of halogens is 2. The smallest absolute Gasteiger partial charge is 0.354 e. The van der Waals surface area contributed by atoms with Gasteiger partial charge in [0, 0.05) is 23.4 Å². The molecule has 5 nitrogen and oxygen atoms in total. The van der Waals surface area contributed by atoms with Crippen molar-refractivity contribution in [1.29, 1.82) is 0 Å². The van der Waals surface area contributed by atoms with Crippen molar-refractivity contribution in [2.75, 3.05) is 12.3 Å². The molecular weight excluding hydrogens is 305 g/mol. The summed E-state index contributed by atoms with van der Waals surface area (Å²) in [5.74, 6) is 0.798. The van der Waals surface area contributed by atoms with E-state index in [1.165, 1.54) is 23.1 Å². The normalized spacial score (nSPS) is 18.6. The second-order valence-electron chi connectivity index (χ2n) is 3.20. The minimum atomic E-state index is -0.568. The molecule has 0 unspecified atom stereocenters. The van der Waals surface area contributed by atoms with Crippen LogP contribution in [0, 0.1) is 10.1 Å². The van der Waals surface area contributed by atoms with E-state index in [0.29, 0.717) is 16.0 Å². The third-order valence-electron chi connectivity index (χ3n) is 2.10. The molecule has 1 aromatic heterocycles. The van der Waals surface area contributed by atoms with Crippen LogP contribution in [-0.4, -0.2) is 27.1 Å². The van der Waals surface area contributed by atoms with Crippen LogP contribution in [0.1, 0.15) is 4.88 Å². The first-order valence-electron chi connectivity index (χ1n) is 4.60. The summed E-state index contributed by atoms with van der Waals surface area (Å²) >= 11 is 14.2. The Morgan fingerprint density at radius 1 is 1.71 bits per heavy atom. The molecule has 0 amide bonds. The van der Waals surface area contributed by atoms with Crippen LogP contribution in [0.3, 0.4) is 0 Å². The molecule has 0 N–H and O–H groups in total. The van der Waals surface area contributed by atoms with Crippen LogP contribution in [0.5, 0.6) is 0 Å². The summed E-state index contributed by atoms with van der Waals surface area (Å²) in [6, 6.07) is 0. The maximum absolute atomic E-state index is 10.6. The molecule has 1 aromatic rings. The molecule has 1 aliphatic heterocycles. The van der Waals surface area contributed by atoms with Crippen molar-refractivity contribution in [3.63, 3.8) is 0 Å². The van der Waals surface area contributed by atoms with Crippen LogP contribution in [-0.2, 0) is 6.54 Å². The van der Waals surface area contributed by atoms with E-state index >= 15 is 0 Å². The summed E-state index contributed by atoms with van der Waals surface area (Å²) in [6.07, 6.45) is 1.67. The van der Waals surface area contributed by atoms with Gasteiger partial charge in [-0.2, -0.15) is 0 Å². The lowest BCUT2D eigenvalue weighted by Crippen LogP contribution is -2.18. The number of hydrogen-bond acceptors (Lipinski definition) is 6. The summed E-state index contributed by atoms with van der Waals surface area (Å²) < 4.78 is 0.470. The summed E-state index contributed by atoms with van der Waals surface area (Å²) in [5.41, 5.74) is 0. The first-order valence-corrected chi connectivity index (χ1v) is 7.16. The Labute approximate surface area is 116 Å². The molecule has 2 rings (SSSR count). The Bertz CT molecular complexity index is 477. The third-order valence-corrected chi connectivity index (χ3v) is 4.74. The summed E-state index contributed by atoms with van der Waals surface area (Å²) in [7, 11) is 0. The van der Waals surface area contributed by atoms with Crippen LogP contribution >= 0.6 is 46.3 Å². The van der Waals surface area contributed by atoms with E-state index in [4.69, 9.17) is 23.2 Å². The number of thiazole rings is 1. The number of nitrogens with zero attached hydrogens (tertiary/aromatic N) is 3. The van der Waals surface area contributed by atoms with Crippen molar-refractivity contribution >= 4 is 46.3 Å². The molecule has 0 aliphatic carbocycles. The number of rotatable bonds is 3. The fourth-order valence-corrected chi connectivity index (χ4v) is 3.72. The van der Waals surface area contributed by atoms with Crippen molar-refractivity contribution in [1.82, 2.24) is 9.88 Å². The van der Waals surface area contributed by atoms with Gasteiger partial charge in [0.2, 0.25) is 0 Å². The SMILES string of the molecule is O=[N+]([O-])/C(Cl)=C1/SCCN1Cc1cnc(Cl)s1. The highest BCUT2D eigenvalue weighted by Crippen LogP contribution is 2.34. The second kappa shape index (κ2) is 5.43. The zero-order chi connectivity index (χ0) is 12.4. The second-order valence-corrected chi connectivity index (χ2v) is 6.34. The first kappa shape index (κ1) is 12.9. The summed E-state index contributed by atoms with van der Waals surface area (Å²) in [5, 5.41) is 10.8. The largest absolute Gasteiger partial charge is 0.367 e. The van der Waals surface area contributed by atoms with Crippen LogP contribution in [0.2, 0.25) is 4.47 Å². The van der Waals surface area contributed by atoms with Gasteiger partial charge in [-0.05, 0) is 11.6 Å². The van der Waals surface area contributed by atoms with Crippen LogP contribution in [0.25, 0.3) is 0 Å². The lowest BCUT2D eigenvalue weighted by Gasteiger charge is -2.16. The maximum Gasteiger partial charge on any atom is 0.367 e. The highest BCUT2D eigenvalue weighted by atomic mass is 35.5. The Morgan fingerprint density at radius 2 is 2.47 bits per heavy atom. The van der Waals surface area contributed by atoms with Gasteiger partial charge in [0.15, 0.2) is 9.50 Å². The predicted octanol–water partition coefficient (Wildman–Crippen LogP) is 2.99. The maximum atomic E-state index is 10.6. The topological polar surface area (TPSA) is 59.3 Å². The standard InChI is InChI=1S/C8H7Cl2N3O2S2/c9-6(13(14)15)7-12(1-2-16-7)4-5-3-11-8(10)17-5/h3H,1-2,4H2/b7-6+. The van der Waals surface area contributed by atoms with Gasteiger partial charge >= 0.3 is 5.16 Å². The molecule has 2 heterocycles. The minimum Gasteiger partial charge on any atom is -0.354 e. The lowest BCUT2D eigenvalue weighted by molar-refractivity contribution is -0.413. The Balaban J connectivity index is 2.16. The predicted molar refractivity (Wildman–Crippen MR) is 69.9 cm³/mol. The van der Waals surface area contributed by atoms with E-state index in [1.807, 2.05) is 4.90 Å². The lowest BCUT2D eigenvalue weighted by atomic mass is 10.4. The average Bonchev–Trinajstić information content (AvgIpc) is 2.87. The molecule has 0 atom stereocenters. The molecule has 0 bridgehead atoms. The van der Waals surface area contributed by atoms with Gasteiger partial charge in [0.1, 0.15) is 0 Å². The molecule has 0 spiro atoms. The van der Waals surface area contributed by atoms with Gasteiger partial charge in [-0.1, -0.05) is 23.4 Å². The Hall–Kier alpha value is -0.500. The van der Waals surface area contributed by atoms with Gasteiger partial charge in [0.05, 0.1) is 11.5 Å². The van der Waals surface area contributed by atoms with Crippen molar-refractivity contribution in [3.05, 3.63) is 35.8 Å². The minimum absolute atomic E-state index is 0.317. The number of nitro groups is 1. The first-order chi connectivity index (χ1) is 8.08. The van der Waals surface area contributed by atoms with E-state index in [-0.39, 0.29) is 5.16 Å². The fraction of sp³-hybridized carbons (Fsp3) is 0.375. The highest BCUT2D eigenvalue weighted by Gasteiger charge is 2.27. The van der Waals surface area contributed by atoms with Crippen molar-refractivity contribution in [2.24, 2.45) is 0 Å². The Kier molecular flexibility index (Phi) is 4.13. The zero-order valence-corrected chi connectivity index (χ0v) is 11.6. The van der Waals surface area contributed by atoms with E-state index < -0.39 is 4.92 Å². The highest BCUT2D eigenvalue weighted by molar-refractivity contribution is 8.03. The number of aromatic nitrogens is 1. The van der Waals surface area contributed by atoms with E-state index in [0.717, 1.165) is 17.2 Å². The average molecular weight is 312 g/mol. The molecular formula is C8H7Cl2N3O2S2. The molecule has 1 aliphatic rings. The van der Waals surface area contributed by atoms with E-state index in [9.17, 15) is 10.1 Å². The van der Waals surface area contributed by atoms with Gasteiger partial charge < -0.3 is 4.90 Å². The Morgan fingerprint density at radius 3 is 3.06 bits per heavy atom. The third kappa shape index (κ3) is 3.04. The number of hydrogen-bond donors (Lipinski definition) is 0. The number of thioether (sulfide) groups is 1. The molecule has 1 fully saturated rings. The summed E-state index contributed by atoms with van der Waals surface area (Å²) in [6.45, 7) is 1.29. The van der Waals surface area contributed by atoms with Crippen LogP contribution in [0.4, 0.5) is 0 Å². The van der Waals surface area contributed by atoms with E-state index in [1.54, 1.807) is 6.20 Å². The van der Waals surface area contributed by atoms with E-state index in [2.05, 4.69) is 4.98 Å². The summed E-state index contributed by atoms with van der Waals surface area (Å²) in [4.78, 5) is 16.8. The van der Waals surface area contributed by atoms with Crippen LogP contribution in [0.15, 0.2) is 16.4 Å². The monoisotopic (exact) mass is 311 g/mol. The molecule has 92 valence electrons. The van der Waals surface area contributed by atoms with Gasteiger partial charge in [0.25, 0.3) is 0 Å². The molecule has 17 heavy (non-hydrogen) atoms. The van der Waals surface area contributed by atoms with Crippen molar-refractivity contribution < 1.29 is 4.92 Å². The molecule has 0 radical (unpaired) electrons. The van der Waals surface area contributed by atoms with Crippen LogP contribution < -0.4 is 0 Å². The molecule has 0 aromatic carbocycles. The van der Waals surface area contributed by atoms with Gasteiger partial charge in [-0.15, -0.1) is 11.3 Å². The van der Waals surface area contributed by atoms with Crippen molar-refractivity contribution in [2.45, 2.75) is 6.54 Å². The zero-order valence-electron chi connectivity index (χ0n) is 8.43. The quantitative estimate of drug-likeness (QED) is 0.488. The van der Waals surface area contributed by atoms with Gasteiger partial charge in [-0.3, -0.25) is 10.1 Å². The molecule has 9 heteroatoms. The molecule has 0 saturated carbocycles. The van der Waals surface area contributed by atoms with Crippen molar-refractivity contribution in [3.8, 4) is 0 Å².